The van der Waals surface area contributed by atoms with Crippen LogP contribution in [0.15, 0.2) is 42.5 Å². The summed E-state index contributed by atoms with van der Waals surface area (Å²) in [5.41, 5.74) is 6.15. The van der Waals surface area contributed by atoms with Gasteiger partial charge in [-0.15, -0.1) is 0 Å². The van der Waals surface area contributed by atoms with E-state index in [4.69, 9.17) is 14.7 Å². The summed E-state index contributed by atoms with van der Waals surface area (Å²) in [6.07, 6.45) is 0.655. The molecule has 0 aromatic heterocycles. The Morgan fingerprint density at radius 1 is 1.15 bits per heavy atom. The molecule has 1 aliphatic heterocycles. The average molecular weight is 271 g/mol. The van der Waals surface area contributed by atoms with Crippen LogP contribution >= 0.6 is 0 Å². The van der Waals surface area contributed by atoms with E-state index in [2.05, 4.69) is 17.6 Å². The highest BCUT2D eigenvalue weighted by Crippen LogP contribution is 2.43. The lowest BCUT2D eigenvalue weighted by Crippen LogP contribution is -2.21. The van der Waals surface area contributed by atoms with Crippen LogP contribution in [0.5, 0.6) is 11.5 Å². The number of benzene rings is 2. The van der Waals surface area contributed by atoms with Crippen molar-refractivity contribution in [1.29, 1.82) is 0 Å². The van der Waals surface area contributed by atoms with E-state index in [9.17, 15) is 0 Å². The van der Waals surface area contributed by atoms with Crippen molar-refractivity contribution >= 4 is 0 Å². The lowest BCUT2D eigenvalue weighted by molar-refractivity contribution is 0.180. The van der Waals surface area contributed by atoms with Crippen molar-refractivity contribution in [1.82, 2.24) is 5.48 Å². The molecule has 0 radical (unpaired) electrons. The normalized spacial score (nSPS) is 12.2. The van der Waals surface area contributed by atoms with Crippen molar-refractivity contribution in [2.75, 3.05) is 13.2 Å². The highest BCUT2D eigenvalue weighted by atomic mass is 16.6. The second-order valence-electron chi connectivity index (χ2n) is 4.65. The summed E-state index contributed by atoms with van der Waals surface area (Å²) in [5, 5.41) is 8.77. The van der Waals surface area contributed by atoms with E-state index in [1.807, 2.05) is 30.3 Å². The smallest absolute Gasteiger partial charge is 0.158 e. The molecule has 3 rings (SSSR count). The highest BCUT2D eigenvalue weighted by molar-refractivity contribution is 5.80. The van der Waals surface area contributed by atoms with Crippen molar-refractivity contribution in [2.45, 2.75) is 13.0 Å². The van der Waals surface area contributed by atoms with Gasteiger partial charge in [0.05, 0.1) is 5.56 Å². The van der Waals surface area contributed by atoms with Crippen molar-refractivity contribution in [3.05, 3.63) is 48.0 Å². The van der Waals surface area contributed by atoms with Gasteiger partial charge in [-0.2, -0.15) is 5.48 Å². The maximum Gasteiger partial charge on any atom is 0.158 e. The molecule has 0 unspecified atom stereocenters. The number of hydrogen-bond donors (Lipinski definition) is 2. The van der Waals surface area contributed by atoms with Crippen molar-refractivity contribution < 1.29 is 14.7 Å². The molecule has 0 bridgehead atoms. The zero-order valence-electron chi connectivity index (χ0n) is 11.1. The monoisotopic (exact) mass is 271 g/mol. The first-order chi connectivity index (χ1) is 9.90. The van der Waals surface area contributed by atoms with E-state index in [0.29, 0.717) is 19.6 Å². The summed E-state index contributed by atoms with van der Waals surface area (Å²) < 4.78 is 5.77. The average Bonchev–Trinajstić information content (AvgIpc) is 2.51. The summed E-state index contributed by atoms with van der Waals surface area (Å²) >= 11 is 0. The van der Waals surface area contributed by atoms with Gasteiger partial charge >= 0.3 is 0 Å². The number of aliphatic hydroxyl groups is 1. The van der Waals surface area contributed by atoms with Gasteiger partial charge in [0.15, 0.2) is 5.75 Å². The van der Waals surface area contributed by atoms with Crippen LogP contribution in [-0.2, 0) is 6.61 Å². The van der Waals surface area contributed by atoms with Crippen LogP contribution in [0.4, 0.5) is 0 Å². The molecule has 4 heteroatoms. The van der Waals surface area contributed by atoms with Gasteiger partial charge in [-0.05, 0) is 29.7 Å². The van der Waals surface area contributed by atoms with Gasteiger partial charge in [-0.25, -0.2) is 0 Å². The van der Waals surface area contributed by atoms with Gasteiger partial charge in [0, 0.05) is 13.2 Å². The fraction of sp³-hybridized carbons (Fsp3) is 0.250. The largest absolute Gasteiger partial charge is 0.488 e. The number of fused-ring (bicyclic) bond motifs is 3. The molecule has 0 fully saturated rings. The first kappa shape index (κ1) is 13.0. The molecule has 0 spiro atoms. The Labute approximate surface area is 117 Å². The SMILES string of the molecule is OCCCNOc1cccc2c1-c1ccccc1CO2. The molecule has 0 saturated heterocycles. The van der Waals surface area contributed by atoms with Gasteiger partial charge in [0.1, 0.15) is 12.4 Å². The van der Waals surface area contributed by atoms with E-state index in [0.717, 1.165) is 28.2 Å². The molecule has 104 valence electrons. The van der Waals surface area contributed by atoms with Crippen LogP contribution in [0, 0.1) is 0 Å². The summed E-state index contributed by atoms with van der Waals surface area (Å²) in [5.74, 6) is 1.58. The van der Waals surface area contributed by atoms with Gasteiger partial charge < -0.3 is 14.7 Å². The molecule has 2 aromatic rings. The molecule has 0 atom stereocenters. The summed E-state index contributed by atoms with van der Waals surface area (Å²) in [6.45, 7) is 1.34. The number of rotatable bonds is 5. The minimum Gasteiger partial charge on any atom is -0.488 e. The predicted octanol–water partition coefficient (Wildman–Crippen LogP) is 2.51. The molecule has 0 amide bonds. The van der Waals surface area contributed by atoms with Gasteiger partial charge in [-0.3, -0.25) is 0 Å². The van der Waals surface area contributed by atoms with Crippen LogP contribution < -0.4 is 15.1 Å². The molecule has 20 heavy (non-hydrogen) atoms. The Bertz CT molecular complexity index is 598. The zero-order valence-corrected chi connectivity index (χ0v) is 11.1. The first-order valence-corrected chi connectivity index (χ1v) is 6.75. The Morgan fingerprint density at radius 3 is 2.95 bits per heavy atom. The highest BCUT2D eigenvalue weighted by Gasteiger charge is 2.20. The number of aliphatic hydroxyl groups excluding tert-OH is 1. The molecule has 1 heterocycles. The van der Waals surface area contributed by atoms with Crippen LogP contribution in [0.25, 0.3) is 11.1 Å². The third-order valence-electron chi connectivity index (χ3n) is 3.28. The first-order valence-electron chi connectivity index (χ1n) is 6.75. The molecule has 0 aliphatic carbocycles. The summed E-state index contributed by atoms with van der Waals surface area (Å²) in [6, 6.07) is 13.9. The van der Waals surface area contributed by atoms with Gasteiger partial charge in [0.2, 0.25) is 0 Å². The minimum atomic E-state index is 0.148. The number of ether oxygens (including phenoxy) is 1. The quantitative estimate of drug-likeness (QED) is 0.648. The fourth-order valence-corrected chi connectivity index (χ4v) is 2.31. The molecule has 0 saturated carbocycles. The fourth-order valence-electron chi connectivity index (χ4n) is 2.31. The Balaban J connectivity index is 1.91. The lowest BCUT2D eigenvalue weighted by Gasteiger charge is -2.22. The van der Waals surface area contributed by atoms with Crippen molar-refractivity contribution in [2.24, 2.45) is 0 Å². The maximum atomic E-state index is 8.77. The molecule has 2 aromatic carbocycles. The third kappa shape index (κ3) is 2.48. The second-order valence-corrected chi connectivity index (χ2v) is 4.65. The lowest BCUT2D eigenvalue weighted by atomic mass is 9.96. The van der Waals surface area contributed by atoms with Crippen molar-refractivity contribution in [3.8, 4) is 22.6 Å². The molecular weight excluding hydrogens is 254 g/mol. The Hall–Kier alpha value is -2.04. The predicted molar refractivity (Wildman–Crippen MR) is 76.5 cm³/mol. The van der Waals surface area contributed by atoms with E-state index in [-0.39, 0.29) is 6.61 Å². The molecule has 4 nitrogen and oxygen atoms in total. The van der Waals surface area contributed by atoms with E-state index in [1.165, 1.54) is 0 Å². The number of hydrogen-bond acceptors (Lipinski definition) is 4. The van der Waals surface area contributed by atoms with E-state index >= 15 is 0 Å². The van der Waals surface area contributed by atoms with E-state index in [1.54, 1.807) is 0 Å². The van der Waals surface area contributed by atoms with Crippen LogP contribution in [0.2, 0.25) is 0 Å². The van der Waals surface area contributed by atoms with E-state index < -0.39 is 0 Å². The van der Waals surface area contributed by atoms with Crippen molar-refractivity contribution in [3.63, 3.8) is 0 Å². The standard InChI is InChI=1S/C16H17NO3/c18-10-4-9-17-20-15-8-3-7-14-16(15)13-6-2-1-5-12(13)11-19-14/h1-3,5-8,17-18H,4,9-11H2. The summed E-state index contributed by atoms with van der Waals surface area (Å²) in [7, 11) is 0. The zero-order chi connectivity index (χ0) is 13.8. The minimum absolute atomic E-state index is 0.148. The number of hydroxylamine groups is 1. The topological polar surface area (TPSA) is 50.7 Å². The molecule has 1 aliphatic rings. The van der Waals surface area contributed by atoms with Crippen LogP contribution in [0.3, 0.4) is 0 Å². The maximum absolute atomic E-state index is 8.77. The number of nitrogens with one attached hydrogen (secondary N) is 1. The van der Waals surface area contributed by atoms with Gasteiger partial charge in [-0.1, -0.05) is 30.3 Å². The second kappa shape index (κ2) is 5.94. The summed E-state index contributed by atoms with van der Waals surface area (Å²) in [4.78, 5) is 5.62. The Morgan fingerprint density at radius 2 is 2.05 bits per heavy atom. The van der Waals surface area contributed by atoms with Gasteiger partial charge in [0.25, 0.3) is 0 Å². The molecular formula is C16H17NO3. The van der Waals surface area contributed by atoms with Crippen LogP contribution in [0.1, 0.15) is 12.0 Å². The third-order valence-corrected chi connectivity index (χ3v) is 3.28. The Kier molecular flexibility index (Phi) is 3.85. The van der Waals surface area contributed by atoms with Crippen LogP contribution in [-0.4, -0.2) is 18.3 Å². The molecule has 2 N–H and O–H groups in total.